The molecule has 0 spiro atoms. The molecule has 4 heteroatoms. The van der Waals surface area contributed by atoms with Crippen molar-refractivity contribution >= 4 is 11.0 Å². The Morgan fingerprint density at radius 3 is 2.80 bits per heavy atom. The molecule has 0 N–H and O–H groups in total. The second-order valence-electron chi connectivity index (χ2n) is 2.49. The van der Waals surface area contributed by atoms with Gasteiger partial charge >= 0.3 is 0 Å². The van der Waals surface area contributed by atoms with E-state index in [1.54, 1.807) is 6.26 Å². The van der Waals surface area contributed by atoms with Gasteiger partial charge in [0.05, 0.1) is 24.2 Å². The van der Waals surface area contributed by atoms with Crippen LogP contribution in [0.5, 0.6) is 0 Å². The number of ether oxygens (including phenoxy) is 1. The normalized spacial score (nSPS) is 32.0. The van der Waals surface area contributed by atoms with Crippen molar-refractivity contribution in [3.05, 3.63) is 0 Å². The van der Waals surface area contributed by atoms with Crippen LogP contribution in [-0.4, -0.2) is 40.6 Å². The third-order valence-electron chi connectivity index (χ3n) is 1.64. The quantitative estimate of drug-likeness (QED) is 0.544. The van der Waals surface area contributed by atoms with Crippen LogP contribution < -0.4 is 0 Å². The molecule has 1 aliphatic rings. The van der Waals surface area contributed by atoms with Gasteiger partial charge in [0.1, 0.15) is 0 Å². The highest BCUT2D eigenvalue weighted by atomic mass is 32.2. The Hall–Kier alpha value is 0.0700. The first kappa shape index (κ1) is 8.17. The fourth-order valence-electron chi connectivity index (χ4n) is 1.09. The number of hydrogen-bond acceptors (Lipinski definition) is 2. The summed E-state index contributed by atoms with van der Waals surface area (Å²) in [6.07, 6.45) is 1.71. The zero-order chi connectivity index (χ0) is 7.56. The molecule has 0 aliphatic carbocycles. The van der Waals surface area contributed by atoms with Gasteiger partial charge in [-0.1, -0.05) is 0 Å². The molecule has 1 heterocycles. The lowest BCUT2D eigenvalue weighted by Crippen LogP contribution is -2.44. The van der Waals surface area contributed by atoms with Crippen LogP contribution in [0, 0.1) is 0 Å². The Morgan fingerprint density at radius 1 is 1.70 bits per heavy atom. The topological polar surface area (TPSA) is 29.5 Å². The molecule has 0 aromatic rings. The van der Waals surface area contributed by atoms with Gasteiger partial charge in [0.15, 0.2) is 0 Å². The highest BCUT2D eigenvalue weighted by molar-refractivity contribution is 7.81. The summed E-state index contributed by atoms with van der Waals surface area (Å²) in [5.41, 5.74) is 0. The van der Waals surface area contributed by atoms with Crippen molar-refractivity contribution in [2.24, 2.45) is 0 Å². The average molecular weight is 163 g/mol. The molecule has 0 bridgehead atoms. The van der Waals surface area contributed by atoms with Crippen LogP contribution in [0.2, 0.25) is 0 Å². The van der Waals surface area contributed by atoms with Crippen molar-refractivity contribution in [2.45, 2.75) is 13.0 Å². The summed E-state index contributed by atoms with van der Waals surface area (Å²) in [6, 6.07) is 0.305. The van der Waals surface area contributed by atoms with E-state index in [2.05, 4.69) is 0 Å². The predicted octanol–water partition coefficient (Wildman–Crippen LogP) is 0.000600. The van der Waals surface area contributed by atoms with Crippen LogP contribution in [0.15, 0.2) is 0 Å². The van der Waals surface area contributed by atoms with Crippen molar-refractivity contribution in [1.29, 1.82) is 0 Å². The molecule has 60 valence electrons. The summed E-state index contributed by atoms with van der Waals surface area (Å²) in [4.78, 5) is 0. The molecule has 2 unspecified atom stereocenters. The second kappa shape index (κ2) is 3.46. The highest BCUT2D eigenvalue weighted by Crippen LogP contribution is 2.06. The Kier molecular flexibility index (Phi) is 2.82. The van der Waals surface area contributed by atoms with E-state index in [-0.39, 0.29) is 0 Å². The van der Waals surface area contributed by atoms with E-state index in [1.807, 2.05) is 11.2 Å². The first-order chi connectivity index (χ1) is 4.72. The fraction of sp³-hybridized carbons (Fsp3) is 1.00. The molecule has 0 aromatic carbocycles. The van der Waals surface area contributed by atoms with E-state index in [1.165, 1.54) is 0 Å². The van der Waals surface area contributed by atoms with Gasteiger partial charge in [-0.25, -0.2) is 8.51 Å². The Labute approximate surface area is 63.9 Å². The minimum absolute atomic E-state index is 0.305. The first-order valence-corrected chi connectivity index (χ1v) is 4.91. The van der Waals surface area contributed by atoms with Crippen LogP contribution in [0.1, 0.15) is 6.92 Å². The second-order valence-corrected chi connectivity index (χ2v) is 3.80. The van der Waals surface area contributed by atoms with Gasteiger partial charge in [0, 0.05) is 18.8 Å². The average Bonchev–Trinajstić information content (AvgIpc) is 1.88. The summed E-state index contributed by atoms with van der Waals surface area (Å²) in [7, 11) is -0.829. The smallest absolute Gasteiger partial charge is 0.0914 e. The van der Waals surface area contributed by atoms with Gasteiger partial charge < -0.3 is 4.74 Å². The zero-order valence-corrected chi connectivity index (χ0v) is 7.19. The number of rotatable bonds is 1. The highest BCUT2D eigenvalue weighted by Gasteiger charge is 2.20. The summed E-state index contributed by atoms with van der Waals surface area (Å²) in [6.45, 7) is 4.24. The number of hydrogen-bond donors (Lipinski definition) is 0. The predicted molar refractivity (Wildman–Crippen MR) is 41.1 cm³/mol. The molecular weight excluding hydrogens is 150 g/mol. The van der Waals surface area contributed by atoms with Crippen LogP contribution in [0.25, 0.3) is 0 Å². The van der Waals surface area contributed by atoms with Gasteiger partial charge in [-0.05, 0) is 6.92 Å². The van der Waals surface area contributed by atoms with E-state index in [4.69, 9.17) is 4.74 Å². The third kappa shape index (κ3) is 1.78. The standard InChI is InChI=1S/C6H13NO2S/c1-6-5-9-4-3-7(6)10(2)8/h6H,3-5H2,1-2H3. The van der Waals surface area contributed by atoms with Crippen LogP contribution in [0.3, 0.4) is 0 Å². The molecule has 1 rings (SSSR count). The van der Waals surface area contributed by atoms with Crippen molar-refractivity contribution in [3.63, 3.8) is 0 Å². The van der Waals surface area contributed by atoms with Gasteiger partial charge in [0.2, 0.25) is 0 Å². The van der Waals surface area contributed by atoms with Gasteiger partial charge in [-0.3, -0.25) is 0 Å². The maximum Gasteiger partial charge on any atom is 0.0914 e. The van der Waals surface area contributed by atoms with Gasteiger partial charge in [-0.15, -0.1) is 0 Å². The summed E-state index contributed by atoms with van der Waals surface area (Å²) in [5.74, 6) is 0. The lowest BCUT2D eigenvalue weighted by Gasteiger charge is -2.30. The van der Waals surface area contributed by atoms with E-state index < -0.39 is 11.0 Å². The Morgan fingerprint density at radius 2 is 2.40 bits per heavy atom. The third-order valence-corrected chi connectivity index (χ3v) is 2.84. The monoisotopic (exact) mass is 163 g/mol. The number of nitrogens with zero attached hydrogens (tertiary/aromatic N) is 1. The molecule has 0 radical (unpaired) electrons. The van der Waals surface area contributed by atoms with Gasteiger partial charge in [0.25, 0.3) is 0 Å². The van der Waals surface area contributed by atoms with Crippen molar-refractivity contribution in [1.82, 2.24) is 4.31 Å². The summed E-state index contributed by atoms with van der Waals surface area (Å²) >= 11 is 0. The lowest BCUT2D eigenvalue weighted by molar-refractivity contribution is 0.0419. The first-order valence-electron chi connectivity index (χ1n) is 3.39. The SMILES string of the molecule is CC1COCCN1S(C)=O. The molecule has 1 fully saturated rings. The minimum atomic E-state index is -0.829. The lowest BCUT2D eigenvalue weighted by atomic mass is 10.3. The Balaban J connectivity index is 2.47. The van der Waals surface area contributed by atoms with Crippen LogP contribution in [-0.2, 0) is 15.7 Å². The Bertz CT molecular complexity index is 140. The van der Waals surface area contributed by atoms with E-state index >= 15 is 0 Å². The van der Waals surface area contributed by atoms with E-state index in [0.717, 1.165) is 6.54 Å². The molecule has 1 aliphatic heterocycles. The van der Waals surface area contributed by atoms with E-state index in [9.17, 15) is 4.21 Å². The van der Waals surface area contributed by atoms with E-state index in [0.29, 0.717) is 19.3 Å². The molecule has 2 atom stereocenters. The minimum Gasteiger partial charge on any atom is -0.378 e. The maximum absolute atomic E-state index is 11.0. The molecule has 0 amide bonds. The molecule has 3 nitrogen and oxygen atoms in total. The summed E-state index contributed by atoms with van der Waals surface area (Å²) in [5, 5.41) is 0. The van der Waals surface area contributed by atoms with Gasteiger partial charge in [-0.2, -0.15) is 0 Å². The fourth-order valence-corrected chi connectivity index (χ4v) is 1.99. The van der Waals surface area contributed by atoms with Crippen LogP contribution >= 0.6 is 0 Å². The van der Waals surface area contributed by atoms with Crippen LogP contribution in [0.4, 0.5) is 0 Å². The molecule has 10 heavy (non-hydrogen) atoms. The molecular formula is C6H13NO2S. The van der Waals surface area contributed by atoms with Crippen molar-refractivity contribution < 1.29 is 8.95 Å². The molecule has 1 saturated heterocycles. The van der Waals surface area contributed by atoms with Crippen molar-refractivity contribution in [2.75, 3.05) is 26.0 Å². The molecule has 0 saturated carbocycles. The molecule has 0 aromatic heterocycles. The largest absolute Gasteiger partial charge is 0.378 e. The number of morpholine rings is 1. The summed E-state index contributed by atoms with van der Waals surface area (Å²) < 4.78 is 18.1. The van der Waals surface area contributed by atoms with Crippen molar-refractivity contribution in [3.8, 4) is 0 Å². The zero-order valence-electron chi connectivity index (χ0n) is 6.37. The maximum atomic E-state index is 11.0.